The molecular weight excluding hydrogens is 222 g/mol. The summed E-state index contributed by atoms with van der Waals surface area (Å²) in [5.74, 6) is 0. The summed E-state index contributed by atoms with van der Waals surface area (Å²) in [6.45, 7) is 4.55. The molecule has 0 amide bonds. The van der Waals surface area contributed by atoms with E-state index in [4.69, 9.17) is 0 Å². The molecule has 0 aliphatic carbocycles. The molecule has 2 heterocycles. The molecule has 1 saturated heterocycles. The summed E-state index contributed by atoms with van der Waals surface area (Å²) in [6, 6.07) is 5.51. The fraction of sp³-hybridized carbons (Fsp3) is 0.667. The second kappa shape index (κ2) is 7.49. The van der Waals surface area contributed by atoms with E-state index in [1.807, 2.05) is 12.4 Å². The highest BCUT2D eigenvalue weighted by molar-refractivity contribution is 5.09. The Hall–Kier alpha value is -0.930. The van der Waals surface area contributed by atoms with Crippen LogP contribution in [-0.4, -0.2) is 30.2 Å². The second-order valence-corrected chi connectivity index (χ2v) is 5.34. The van der Waals surface area contributed by atoms with Crippen LogP contribution in [0.2, 0.25) is 0 Å². The zero-order valence-electron chi connectivity index (χ0n) is 11.4. The van der Waals surface area contributed by atoms with E-state index in [1.165, 1.54) is 37.8 Å². The fourth-order valence-electron chi connectivity index (χ4n) is 2.65. The molecule has 2 atom stereocenters. The van der Waals surface area contributed by atoms with Crippen molar-refractivity contribution < 1.29 is 0 Å². The second-order valence-electron chi connectivity index (χ2n) is 5.34. The van der Waals surface area contributed by atoms with Crippen molar-refractivity contribution in [1.82, 2.24) is 15.6 Å². The van der Waals surface area contributed by atoms with E-state index in [1.54, 1.807) is 0 Å². The van der Waals surface area contributed by atoms with Crippen LogP contribution in [0.15, 0.2) is 24.5 Å². The average molecular weight is 247 g/mol. The quantitative estimate of drug-likeness (QED) is 0.808. The van der Waals surface area contributed by atoms with Crippen LogP contribution in [0.5, 0.6) is 0 Å². The fourth-order valence-corrected chi connectivity index (χ4v) is 2.65. The third kappa shape index (κ3) is 4.75. The van der Waals surface area contributed by atoms with Gasteiger partial charge in [-0.15, -0.1) is 0 Å². The molecule has 3 nitrogen and oxygen atoms in total. The largest absolute Gasteiger partial charge is 0.314 e. The molecule has 18 heavy (non-hydrogen) atoms. The van der Waals surface area contributed by atoms with Gasteiger partial charge < -0.3 is 10.6 Å². The Balaban J connectivity index is 1.61. The molecule has 0 radical (unpaired) electrons. The maximum absolute atomic E-state index is 4.04. The minimum atomic E-state index is 0.599. The Labute approximate surface area is 110 Å². The van der Waals surface area contributed by atoms with Crippen molar-refractivity contribution in [2.75, 3.05) is 13.1 Å². The Bertz CT molecular complexity index is 320. The zero-order chi connectivity index (χ0) is 12.6. The van der Waals surface area contributed by atoms with E-state index in [0.29, 0.717) is 6.04 Å². The molecule has 1 fully saturated rings. The molecule has 2 unspecified atom stereocenters. The van der Waals surface area contributed by atoms with Crippen LogP contribution in [0.4, 0.5) is 0 Å². The first kappa shape index (κ1) is 13.5. The van der Waals surface area contributed by atoms with E-state index in [-0.39, 0.29) is 0 Å². The van der Waals surface area contributed by atoms with E-state index < -0.39 is 0 Å². The van der Waals surface area contributed by atoms with Gasteiger partial charge in [0.05, 0.1) is 0 Å². The summed E-state index contributed by atoms with van der Waals surface area (Å²) in [5.41, 5.74) is 1.36. The predicted octanol–water partition coefficient (Wildman–Crippen LogP) is 2.13. The molecule has 0 bridgehead atoms. The van der Waals surface area contributed by atoms with Gasteiger partial charge in [0.15, 0.2) is 0 Å². The number of aromatic nitrogens is 1. The third-order valence-electron chi connectivity index (χ3n) is 3.71. The Morgan fingerprint density at radius 3 is 2.94 bits per heavy atom. The molecule has 0 aromatic carbocycles. The molecule has 100 valence electrons. The van der Waals surface area contributed by atoms with E-state index in [2.05, 4.69) is 34.7 Å². The average Bonchev–Trinajstić information content (AvgIpc) is 2.41. The number of rotatable bonds is 6. The van der Waals surface area contributed by atoms with E-state index in [0.717, 1.165) is 19.0 Å². The maximum Gasteiger partial charge on any atom is 0.0270 e. The van der Waals surface area contributed by atoms with Gasteiger partial charge in [-0.1, -0.05) is 6.42 Å². The van der Waals surface area contributed by atoms with Crippen LogP contribution in [0.1, 0.15) is 38.2 Å². The number of hydrogen-bond donors (Lipinski definition) is 2. The summed E-state index contributed by atoms with van der Waals surface area (Å²) >= 11 is 0. The molecule has 1 aliphatic heterocycles. The molecular formula is C15H25N3. The summed E-state index contributed by atoms with van der Waals surface area (Å²) in [7, 11) is 0. The Morgan fingerprint density at radius 2 is 2.22 bits per heavy atom. The van der Waals surface area contributed by atoms with Crippen molar-refractivity contribution in [2.24, 2.45) is 0 Å². The summed E-state index contributed by atoms with van der Waals surface area (Å²) in [5, 5.41) is 7.23. The van der Waals surface area contributed by atoms with Crippen LogP contribution >= 0.6 is 0 Å². The highest BCUT2D eigenvalue weighted by Crippen LogP contribution is 2.11. The summed E-state index contributed by atoms with van der Waals surface area (Å²) in [4.78, 5) is 4.04. The molecule has 1 aliphatic rings. The molecule has 0 saturated carbocycles. The van der Waals surface area contributed by atoms with E-state index in [9.17, 15) is 0 Å². The standard InChI is InChI=1S/C15H25N3/c1-13(12-15-4-2-3-8-18-15)17-11-7-14-5-9-16-10-6-14/h5-6,9-10,13,15,17-18H,2-4,7-8,11-12H2,1H3. The molecule has 0 spiro atoms. The van der Waals surface area contributed by atoms with Crippen LogP contribution in [-0.2, 0) is 6.42 Å². The lowest BCUT2D eigenvalue weighted by Crippen LogP contribution is -2.40. The summed E-state index contributed by atoms with van der Waals surface area (Å²) in [6.07, 6.45) is 10.1. The normalized spacial score (nSPS) is 21.7. The predicted molar refractivity (Wildman–Crippen MR) is 75.7 cm³/mol. The minimum Gasteiger partial charge on any atom is -0.314 e. The van der Waals surface area contributed by atoms with Gasteiger partial charge in [-0.05, 0) is 63.4 Å². The van der Waals surface area contributed by atoms with Crippen molar-refractivity contribution in [3.63, 3.8) is 0 Å². The highest BCUT2D eigenvalue weighted by Gasteiger charge is 2.15. The first-order valence-electron chi connectivity index (χ1n) is 7.20. The molecule has 2 N–H and O–H groups in total. The van der Waals surface area contributed by atoms with Gasteiger partial charge in [-0.2, -0.15) is 0 Å². The number of pyridine rings is 1. The SMILES string of the molecule is CC(CC1CCCCN1)NCCc1ccncc1. The van der Waals surface area contributed by atoms with Gasteiger partial charge in [0, 0.05) is 24.5 Å². The van der Waals surface area contributed by atoms with Gasteiger partial charge in [-0.3, -0.25) is 4.98 Å². The highest BCUT2D eigenvalue weighted by atomic mass is 15.0. The molecule has 3 heteroatoms. The monoisotopic (exact) mass is 247 g/mol. The van der Waals surface area contributed by atoms with Crippen LogP contribution < -0.4 is 10.6 Å². The Kier molecular flexibility index (Phi) is 5.62. The Morgan fingerprint density at radius 1 is 1.39 bits per heavy atom. The van der Waals surface area contributed by atoms with Gasteiger partial charge in [0.1, 0.15) is 0 Å². The third-order valence-corrected chi connectivity index (χ3v) is 3.71. The van der Waals surface area contributed by atoms with Crippen molar-refractivity contribution in [2.45, 2.75) is 51.1 Å². The van der Waals surface area contributed by atoms with Crippen molar-refractivity contribution in [3.8, 4) is 0 Å². The number of hydrogen-bond acceptors (Lipinski definition) is 3. The van der Waals surface area contributed by atoms with Crippen molar-refractivity contribution in [3.05, 3.63) is 30.1 Å². The lowest BCUT2D eigenvalue weighted by atomic mass is 9.99. The van der Waals surface area contributed by atoms with Crippen molar-refractivity contribution in [1.29, 1.82) is 0 Å². The lowest BCUT2D eigenvalue weighted by molar-refractivity contribution is 0.346. The number of nitrogens with zero attached hydrogens (tertiary/aromatic N) is 1. The van der Waals surface area contributed by atoms with Crippen LogP contribution in [0.25, 0.3) is 0 Å². The lowest BCUT2D eigenvalue weighted by Gasteiger charge is -2.26. The molecule has 1 aromatic rings. The number of nitrogens with one attached hydrogen (secondary N) is 2. The zero-order valence-corrected chi connectivity index (χ0v) is 11.4. The first-order valence-corrected chi connectivity index (χ1v) is 7.20. The van der Waals surface area contributed by atoms with Gasteiger partial charge in [0.2, 0.25) is 0 Å². The van der Waals surface area contributed by atoms with Crippen LogP contribution in [0, 0.1) is 0 Å². The van der Waals surface area contributed by atoms with E-state index >= 15 is 0 Å². The minimum absolute atomic E-state index is 0.599. The van der Waals surface area contributed by atoms with Crippen molar-refractivity contribution >= 4 is 0 Å². The molecule has 2 rings (SSSR count). The van der Waals surface area contributed by atoms with Gasteiger partial charge in [-0.25, -0.2) is 0 Å². The van der Waals surface area contributed by atoms with Crippen LogP contribution in [0.3, 0.4) is 0 Å². The smallest absolute Gasteiger partial charge is 0.0270 e. The topological polar surface area (TPSA) is 37.0 Å². The molecule has 1 aromatic heterocycles. The summed E-state index contributed by atoms with van der Waals surface area (Å²) < 4.78 is 0. The van der Waals surface area contributed by atoms with Gasteiger partial charge >= 0.3 is 0 Å². The number of piperidine rings is 1. The van der Waals surface area contributed by atoms with Gasteiger partial charge in [0.25, 0.3) is 0 Å². The maximum atomic E-state index is 4.04. The first-order chi connectivity index (χ1) is 8.84.